The minimum absolute atomic E-state index is 0.0798. The average Bonchev–Trinajstić information content (AvgIpc) is 3.35. The molecule has 402 valence electrons. The molecular weight excluding hydrogens is 853 g/mol. The van der Waals surface area contributed by atoms with Crippen molar-refractivity contribution in [2.75, 3.05) is 13.2 Å². The fourth-order valence-corrected chi connectivity index (χ4v) is 8.81. The summed E-state index contributed by atoms with van der Waals surface area (Å²) in [5, 5.41) is 0. The van der Waals surface area contributed by atoms with Crippen LogP contribution < -0.4 is 0 Å². The van der Waals surface area contributed by atoms with Crippen molar-refractivity contribution in [1.29, 1.82) is 0 Å². The second kappa shape index (κ2) is 57.9. The summed E-state index contributed by atoms with van der Waals surface area (Å²) in [4.78, 5) is 38.2. The van der Waals surface area contributed by atoms with Gasteiger partial charge in [-0.1, -0.05) is 268 Å². The standard InChI is InChI=1S/C63H114O6/c1-4-7-10-13-16-19-22-25-27-28-29-30-31-32-33-34-36-38-41-44-47-50-53-56-62(65)68-59-60(58-67-61(64)55-52-49-46-43-40-37-24-21-18-15-12-9-6-3)69-63(66)57-54-51-48-45-42-39-35-26-23-20-17-14-11-8-5-2/h8,11,17,20-21,24,26,35,60H,4-7,9-10,12-16,18-19,22-23,25,27-34,36-59H2,1-3H3/b11-8-,20-17-,24-21-,35-26-. The fourth-order valence-electron chi connectivity index (χ4n) is 8.81. The minimum Gasteiger partial charge on any atom is -0.462 e. The van der Waals surface area contributed by atoms with E-state index in [1.807, 2.05) is 0 Å². The number of unbranched alkanes of at least 4 members (excludes halogenated alkanes) is 36. The average molecular weight is 968 g/mol. The summed E-state index contributed by atoms with van der Waals surface area (Å²) in [5.74, 6) is -0.890. The van der Waals surface area contributed by atoms with Crippen molar-refractivity contribution < 1.29 is 28.6 Å². The molecule has 0 aromatic carbocycles. The summed E-state index contributed by atoms with van der Waals surface area (Å²) in [6.07, 6.45) is 71.2. The number of carbonyl (C=O) groups is 3. The van der Waals surface area contributed by atoms with Crippen LogP contribution in [0.4, 0.5) is 0 Å². The van der Waals surface area contributed by atoms with E-state index in [4.69, 9.17) is 14.2 Å². The molecule has 0 aliphatic heterocycles. The molecule has 0 heterocycles. The van der Waals surface area contributed by atoms with E-state index in [1.54, 1.807) is 0 Å². The van der Waals surface area contributed by atoms with Crippen LogP contribution in [-0.2, 0) is 28.6 Å². The molecule has 0 aliphatic carbocycles. The molecule has 0 radical (unpaired) electrons. The maximum absolute atomic E-state index is 12.8. The van der Waals surface area contributed by atoms with Crippen LogP contribution in [-0.4, -0.2) is 37.2 Å². The van der Waals surface area contributed by atoms with Gasteiger partial charge in [-0.15, -0.1) is 0 Å². The van der Waals surface area contributed by atoms with Crippen LogP contribution in [0.25, 0.3) is 0 Å². The van der Waals surface area contributed by atoms with Gasteiger partial charge < -0.3 is 14.2 Å². The topological polar surface area (TPSA) is 78.9 Å². The van der Waals surface area contributed by atoms with E-state index < -0.39 is 6.10 Å². The van der Waals surface area contributed by atoms with Crippen molar-refractivity contribution in [2.45, 2.75) is 322 Å². The zero-order valence-corrected chi connectivity index (χ0v) is 46.1. The fraction of sp³-hybridized carbons (Fsp3) is 0.825. The Morgan fingerprint density at radius 3 is 0.913 bits per heavy atom. The molecule has 0 fully saturated rings. The molecule has 0 amide bonds. The number of ether oxygens (including phenoxy) is 3. The molecule has 69 heavy (non-hydrogen) atoms. The molecule has 1 unspecified atom stereocenters. The maximum atomic E-state index is 12.8. The quantitative estimate of drug-likeness (QED) is 0.0262. The Morgan fingerprint density at radius 2 is 0.565 bits per heavy atom. The Bertz CT molecular complexity index is 1200. The van der Waals surface area contributed by atoms with Crippen molar-refractivity contribution in [3.63, 3.8) is 0 Å². The van der Waals surface area contributed by atoms with Crippen LogP contribution in [0.3, 0.4) is 0 Å². The number of hydrogen-bond acceptors (Lipinski definition) is 6. The summed E-state index contributed by atoms with van der Waals surface area (Å²) in [5.41, 5.74) is 0. The van der Waals surface area contributed by atoms with Crippen LogP contribution in [0.15, 0.2) is 48.6 Å². The number of allylic oxidation sites excluding steroid dienone is 8. The molecule has 0 rings (SSSR count). The van der Waals surface area contributed by atoms with E-state index in [1.165, 1.54) is 173 Å². The number of rotatable bonds is 55. The van der Waals surface area contributed by atoms with Crippen LogP contribution >= 0.6 is 0 Å². The lowest BCUT2D eigenvalue weighted by Crippen LogP contribution is -2.30. The molecule has 6 heteroatoms. The van der Waals surface area contributed by atoms with E-state index in [9.17, 15) is 14.4 Å². The van der Waals surface area contributed by atoms with Gasteiger partial charge in [-0.05, 0) is 77.0 Å². The predicted molar refractivity (Wildman–Crippen MR) is 298 cm³/mol. The third kappa shape index (κ3) is 56.2. The van der Waals surface area contributed by atoms with Crippen molar-refractivity contribution >= 4 is 17.9 Å². The van der Waals surface area contributed by atoms with E-state index in [2.05, 4.69) is 69.4 Å². The van der Waals surface area contributed by atoms with Gasteiger partial charge in [-0.25, -0.2) is 0 Å². The van der Waals surface area contributed by atoms with Gasteiger partial charge in [0.15, 0.2) is 6.10 Å². The molecule has 0 aromatic heterocycles. The van der Waals surface area contributed by atoms with E-state index in [0.717, 1.165) is 103 Å². The highest BCUT2D eigenvalue weighted by molar-refractivity contribution is 5.71. The Balaban J connectivity index is 4.27. The summed E-state index contributed by atoms with van der Waals surface area (Å²) < 4.78 is 16.9. The normalized spacial score (nSPS) is 12.3. The Morgan fingerprint density at radius 1 is 0.304 bits per heavy atom. The Labute approximate surface area is 428 Å². The first-order chi connectivity index (χ1) is 34.0. The first-order valence-corrected chi connectivity index (χ1v) is 30.1. The third-order valence-corrected chi connectivity index (χ3v) is 13.3. The number of carbonyl (C=O) groups excluding carboxylic acids is 3. The number of hydrogen-bond donors (Lipinski definition) is 0. The Kier molecular flexibility index (Phi) is 55.7. The van der Waals surface area contributed by atoms with Gasteiger partial charge in [0, 0.05) is 19.3 Å². The molecule has 1 atom stereocenters. The second-order valence-corrected chi connectivity index (χ2v) is 20.2. The first-order valence-electron chi connectivity index (χ1n) is 30.1. The van der Waals surface area contributed by atoms with Gasteiger partial charge in [0.05, 0.1) is 0 Å². The van der Waals surface area contributed by atoms with E-state index >= 15 is 0 Å². The summed E-state index contributed by atoms with van der Waals surface area (Å²) >= 11 is 0. The van der Waals surface area contributed by atoms with Crippen LogP contribution in [0, 0.1) is 0 Å². The molecule has 6 nitrogen and oxygen atoms in total. The van der Waals surface area contributed by atoms with Gasteiger partial charge in [-0.2, -0.15) is 0 Å². The van der Waals surface area contributed by atoms with Crippen molar-refractivity contribution in [1.82, 2.24) is 0 Å². The summed E-state index contributed by atoms with van der Waals surface area (Å²) in [6, 6.07) is 0. The van der Waals surface area contributed by atoms with Crippen LogP contribution in [0.2, 0.25) is 0 Å². The van der Waals surface area contributed by atoms with Gasteiger partial charge in [0.2, 0.25) is 0 Å². The highest BCUT2D eigenvalue weighted by Crippen LogP contribution is 2.17. The van der Waals surface area contributed by atoms with E-state index in [-0.39, 0.29) is 31.1 Å². The molecule has 0 aliphatic rings. The van der Waals surface area contributed by atoms with Gasteiger partial charge in [0.25, 0.3) is 0 Å². The second-order valence-electron chi connectivity index (χ2n) is 20.2. The zero-order valence-electron chi connectivity index (χ0n) is 46.1. The molecule has 0 bridgehead atoms. The van der Waals surface area contributed by atoms with Gasteiger partial charge >= 0.3 is 17.9 Å². The highest BCUT2D eigenvalue weighted by atomic mass is 16.6. The third-order valence-electron chi connectivity index (χ3n) is 13.3. The summed E-state index contributed by atoms with van der Waals surface area (Å²) in [7, 11) is 0. The molecular formula is C63H114O6. The summed E-state index contributed by atoms with van der Waals surface area (Å²) in [6.45, 7) is 6.53. The van der Waals surface area contributed by atoms with E-state index in [0.29, 0.717) is 19.3 Å². The smallest absolute Gasteiger partial charge is 0.306 e. The minimum atomic E-state index is -0.783. The van der Waals surface area contributed by atoms with Crippen molar-refractivity contribution in [2.24, 2.45) is 0 Å². The predicted octanol–water partition coefficient (Wildman–Crippen LogP) is 20.2. The molecule has 0 spiro atoms. The lowest BCUT2D eigenvalue weighted by Gasteiger charge is -2.18. The molecule has 0 aromatic rings. The molecule has 0 saturated carbocycles. The van der Waals surface area contributed by atoms with Crippen molar-refractivity contribution in [3.05, 3.63) is 48.6 Å². The molecule has 0 saturated heterocycles. The molecule has 0 N–H and O–H groups in total. The number of esters is 3. The van der Waals surface area contributed by atoms with Gasteiger partial charge in [0.1, 0.15) is 13.2 Å². The lowest BCUT2D eigenvalue weighted by atomic mass is 10.0. The first kappa shape index (κ1) is 66.4. The highest BCUT2D eigenvalue weighted by Gasteiger charge is 2.19. The van der Waals surface area contributed by atoms with Crippen LogP contribution in [0.5, 0.6) is 0 Å². The maximum Gasteiger partial charge on any atom is 0.306 e. The van der Waals surface area contributed by atoms with Gasteiger partial charge in [-0.3, -0.25) is 14.4 Å². The Hall–Kier alpha value is -2.63. The monoisotopic (exact) mass is 967 g/mol. The van der Waals surface area contributed by atoms with Crippen LogP contribution in [0.1, 0.15) is 316 Å². The largest absolute Gasteiger partial charge is 0.462 e. The SMILES string of the molecule is CC/C=C\C/C=C\C/C=C\CCCCCCCC(=O)OC(COC(=O)CCCCCCC/C=C\CCCCCC)COC(=O)CCCCCCCCCCCCCCCCCCCCCCCCC. The lowest BCUT2D eigenvalue weighted by molar-refractivity contribution is -0.167. The van der Waals surface area contributed by atoms with Crippen molar-refractivity contribution in [3.8, 4) is 0 Å². The zero-order chi connectivity index (χ0) is 50.0.